The molecule has 9 heteroatoms. The number of nitrogens with zero attached hydrogens (tertiary/aromatic N) is 2. The van der Waals surface area contributed by atoms with Crippen molar-refractivity contribution in [2.75, 3.05) is 19.6 Å². The number of hydrogen-bond donors (Lipinski definition) is 3. The molecule has 3 N–H and O–H groups in total. The lowest BCUT2D eigenvalue weighted by molar-refractivity contribution is 0.0692. The molecule has 0 spiro atoms. The lowest BCUT2D eigenvalue weighted by atomic mass is 10.1. The molecule has 2 amide bonds. The lowest BCUT2D eigenvalue weighted by Crippen LogP contribution is -2.44. The van der Waals surface area contributed by atoms with Crippen LogP contribution in [0.5, 0.6) is 5.75 Å². The number of aromatic nitrogens is 1. The van der Waals surface area contributed by atoms with Crippen LogP contribution < -0.4 is 16.1 Å². The highest BCUT2D eigenvalue weighted by Crippen LogP contribution is 2.20. The van der Waals surface area contributed by atoms with Crippen molar-refractivity contribution in [3.8, 4) is 5.75 Å². The van der Waals surface area contributed by atoms with Crippen LogP contribution >= 0.6 is 0 Å². The summed E-state index contributed by atoms with van der Waals surface area (Å²) in [5.74, 6) is -2.21. The second kappa shape index (κ2) is 9.52. The van der Waals surface area contributed by atoms with Gasteiger partial charge in [0.05, 0.1) is 0 Å². The molecule has 8 nitrogen and oxygen atoms in total. The normalized spacial score (nSPS) is 13.8. The number of halogens is 1. The first-order valence-electron chi connectivity index (χ1n) is 10.6. The third kappa shape index (κ3) is 5.53. The second-order valence-electron chi connectivity index (χ2n) is 8.89. The average molecular weight is 445 g/mol. The molecular formula is C23H29FN4O4. The Morgan fingerprint density at radius 1 is 1.16 bits per heavy atom. The Kier molecular flexibility index (Phi) is 6.98. The lowest BCUT2D eigenvalue weighted by Gasteiger charge is -2.31. The van der Waals surface area contributed by atoms with Gasteiger partial charge in [0, 0.05) is 37.9 Å². The molecule has 1 aliphatic rings. The van der Waals surface area contributed by atoms with Crippen LogP contribution in [0, 0.1) is 5.82 Å². The zero-order chi connectivity index (χ0) is 23.5. The van der Waals surface area contributed by atoms with Crippen LogP contribution in [0.3, 0.4) is 0 Å². The Morgan fingerprint density at radius 3 is 2.50 bits per heavy atom. The summed E-state index contributed by atoms with van der Waals surface area (Å²) < 4.78 is 14.5. The first-order chi connectivity index (χ1) is 15.1. The number of carbonyl (C=O) groups excluding carboxylic acids is 2. The van der Waals surface area contributed by atoms with Gasteiger partial charge in [0.25, 0.3) is 11.8 Å². The van der Waals surface area contributed by atoms with E-state index in [0.29, 0.717) is 25.2 Å². The van der Waals surface area contributed by atoms with Crippen molar-refractivity contribution >= 4 is 11.8 Å². The smallest absolute Gasteiger partial charge is 0.274 e. The summed E-state index contributed by atoms with van der Waals surface area (Å²) in [6.45, 7) is 8.29. The van der Waals surface area contributed by atoms with Crippen molar-refractivity contribution in [1.82, 2.24) is 20.1 Å². The summed E-state index contributed by atoms with van der Waals surface area (Å²) >= 11 is 0. The van der Waals surface area contributed by atoms with Crippen LogP contribution in [-0.2, 0) is 13.1 Å². The molecule has 0 fully saturated rings. The Bertz CT molecular complexity index is 1060. The molecule has 0 bridgehead atoms. The van der Waals surface area contributed by atoms with E-state index in [0.717, 1.165) is 13.0 Å². The van der Waals surface area contributed by atoms with Crippen LogP contribution in [0.1, 0.15) is 53.6 Å². The van der Waals surface area contributed by atoms with Crippen molar-refractivity contribution in [2.24, 2.45) is 0 Å². The number of hydrogen-bond acceptors (Lipinski definition) is 5. The third-order valence-electron chi connectivity index (χ3n) is 5.23. The number of aromatic hydroxyl groups is 1. The molecule has 0 saturated carbocycles. The number of rotatable bonds is 7. The van der Waals surface area contributed by atoms with Crippen molar-refractivity contribution in [3.63, 3.8) is 0 Å². The highest BCUT2D eigenvalue weighted by Gasteiger charge is 2.30. The van der Waals surface area contributed by atoms with E-state index < -0.39 is 23.0 Å². The Morgan fingerprint density at radius 2 is 1.84 bits per heavy atom. The van der Waals surface area contributed by atoms with Gasteiger partial charge < -0.3 is 25.2 Å². The van der Waals surface area contributed by atoms with Gasteiger partial charge in [0.1, 0.15) is 11.4 Å². The Hall–Kier alpha value is -3.20. The molecule has 2 heterocycles. The topological polar surface area (TPSA) is 104 Å². The predicted molar refractivity (Wildman–Crippen MR) is 118 cm³/mol. The molecule has 1 aromatic heterocycles. The summed E-state index contributed by atoms with van der Waals surface area (Å²) in [6.07, 6.45) is 2.05. The van der Waals surface area contributed by atoms with Gasteiger partial charge >= 0.3 is 0 Å². The first kappa shape index (κ1) is 23.5. The predicted octanol–water partition coefficient (Wildman–Crippen LogP) is 1.86. The summed E-state index contributed by atoms with van der Waals surface area (Å²) in [5.41, 5.74) is -0.590. The van der Waals surface area contributed by atoms with E-state index in [1.807, 2.05) is 0 Å². The van der Waals surface area contributed by atoms with Gasteiger partial charge in [-0.2, -0.15) is 0 Å². The van der Waals surface area contributed by atoms with Crippen LogP contribution in [-0.4, -0.2) is 51.6 Å². The highest BCUT2D eigenvalue weighted by atomic mass is 19.1. The van der Waals surface area contributed by atoms with Crippen molar-refractivity contribution < 1.29 is 19.1 Å². The second-order valence-corrected chi connectivity index (χ2v) is 8.89. The number of benzene rings is 1. The van der Waals surface area contributed by atoms with Crippen LogP contribution in [0.4, 0.5) is 4.39 Å². The van der Waals surface area contributed by atoms with Gasteiger partial charge in [-0.05, 0) is 51.4 Å². The fourth-order valence-electron chi connectivity index (χ4n) is 3.52. The maximum Gasteiger partial charge on any atom is 0.274 e. The van der Waals surface area contributed by atoms with Gasteiger partial charge in [-0.1, -0.05) is 12.1 Å². The van der Waals surface area contributed by atoms with Gasteiger partial charge in [-0.15, -0.1) is 0 Å². The quantitative estimate of drug-likeness (QED) is 0.566. The fraction of sp³-hybridized carbons (Fsp3) is 0.435. The molecular weight excluding hydrogens is 415 g/mol. The molecule has 172 valence electrons. The molecule has 32 heavy (non-hydrogen) atoms. The van der Waals surface area contributed by atoms with Crippen LogP contribution in [0.2, 0.25) is 0 Å². The maximum atomic E-state index is 13.0. The third-order valence-corrected chi connectivity index (χ3v) is 5.23. The summed E-state index contributed by atoms with van der Waals surface area (Å²) in [6, 6.07) is 5.60. The highest BCUT2D eigenvalue weighted by molar-refractivity contribution is 5.99. The Balaban J connectivity index is 1.70. The zero-order valence-corrected chi connectivity index (χ0v) is 18.6. The molecule has 3 rings (SSSR count). The van der Waals surface area contributed by atoms with Crippen LogP contribution in [0.25, 0.3) is 0 Å². The molecule has 1 aliphatic heterocycles. The van der Waals surface area contributed by atoms with E-state index in [9.17, 15) is 23.9 Å². The molecule has 0 aliphatic carbocycles. The average Bonchev–Trinajstić information content (AvgIpc) is 2.73. The van der Waals surface area contributed by atoms with Crippen molar-refractivity contribution in [3.05, 3.63) is 63.3 Å². The van der Waals surface area contributed by atoms with Crippen LogP contribution in [0.15, 0.2) is 35.3 Å². The van der Waals surface area contributed by atoms with E-state index in [1.165, 1.54) is 35.0 Å². The minimum absolute atomic E-state index is 0.0161. The minimum Gasteiger partial charge on any atom is -0.503 e. The number of fused-ring (bicyclic) bond motifs is 1. The van der Waals surface area contributed by atoms with E-state index >= 15 is 0 Å². The maximum absolute atomic E-state index is 13.0. The van der Waals surface area contributed by atoms with Crippen molar-refractivity contribution in [2.45, 2.75) is 45.8 Å². The molecule has 0 atom stereocenters. The molecule has 0 radical (unpaired) electrons. The number of pyridine rings is 1. The van der Waals surface area contributed by atoms with E-state index in [-0.39, 0.29) is 29.2 Å². The molecule has 0 saturated heterocycles. The summed E-state index contributed by atoms with van der Waals surface area (Å²) in [5, 5.41) is 16.4. The SMILES string of the molecule is CC(C)(C)NCCCN1CCn2cc(C(=O)NCc3ccc(F)cc3)c(=O)c(O)c2C1=O. The molecule has 1 aromatic carbocycles. The number of carbonyl (C=O) groups is 2. The van der Waals surface area contributed by atoms with E-state index in [1.54, 1.807) is 4.90 Å². The molecule has 0 unspecified atom stereocenters. The monoisotopic (exact) mass is 444 g/mol. The number of nitrogens with one attached hydrogen (secondary N) is 2. The minimum atomic E-state index is -0.891. The largest absolute Gasteiger partial charge is 0.503 e. The van der Waals surface area contributed by atoms with Gasteiger partial charge in [0.2, 0.25) is 5.43 Å². The van der Waals surface area contributed by atoms with Crippen molar-refractivity contribution in [1.29, 1.82) is 0 Å². The molecule has 2 aromatic rings. The first-order valence-corrected chi connectivity index (χ1v) is 10.6. The fourth-order valence-corrected chi connectivity index (χ4v) is 3.52. The zero-order valence-electron chi connectivity index (χ0n) is 18.6. The van der Waals surface area contributed by atoms with Gasteiger partial charge in [-0.25, -0.2) is 4.39 Å². The summed E-state index contributed by atoms with van der Waals surface area (Å²) in [7, 11) is 0. The Labute approximate surface area is 186 Å². The van der Waals surface area contributed by atoms with E-state index in [4.69, 9.17) is 0 Å². The van der Waals surface area contributed by atoms with Gasteiger partial charge in [-0.3, -0.25) is 14.4 Å². The van der Waals surface area contributed by atoms with E-state index in [2.05, 4.69) is 31.4 Å². The standard InChI is InChI=1S/C23H29FN4O4/c1-23(2,3)26-9-4-10-27-11-12-28-14-17(19(29)20(30)18(28)22(27)32)21(31)25-13-15-5-7-16(24)8-6-15/h5-8,14,26,30H,4,9-13H2,1-3H3,(H,25,31). The van der Waals surface area contributed by atoms with Gasteiger partial charge in [0.15, 0.2) is 11.4 Å². The number of amides is 2. The summed E-state index contributed by atoms with van der Waals surface area (Å²) in [4.78, 5) is 39.6.